The molecule has 1 saturated carbocycles. The summed E-state index contributed by atoms with van der Waals surface area (Å²) >= 11 is 0. The van der Waals surface area contributed by atoms with E-state index in [1.807, 2.05) is 13.8 Å². The van der Waals surface area contributed by atoms with E-state index in [1.54, 1.807) is 0 Å². The molecule has 2 fully saturated rings. The lowest BCUT2D eigenvalue weighted by atomic mass is 9.91. The molecular weight excluding hydrogens is 447 g/mol. The number of hydrogen-bond donors (Lipinski definition) is 5. The fourth-order valence-electron chi connectivity index (χ4n) is 4.01. The lowest BCUT2D eigenvalue weighted by Crippen LogP contribution is -2.63. The van der Waals surface area contributed by atoms with Crippen LogP contribution in [-0.4, -0.2) is 54.2 Å². The van der Waals surface area contributed by atoms with Crippen LogP contribution in [0.15, 0.2) is 24.4 Å². The first-order valence-corrected chi connectivity index (χ1v) is 11.8. The zero-order valence-corrected chi connectivity index (χ0v) is 20.0. The van der Waals surface area contributed by atoms with Crippen LogP contribution < -0.4 is 22.1 Å². The van der Waals surface area contributed by atoms with Crippen LogP contribution in [-0.2, 0) is 11.0 Å². The number of carbonyl (C=O) groups is 1. The Kier molecular flexibility index (Phi) is 10.5. The summed E-state index contributed by atoms with van der Waals surface area (Å²) in [4.78, 5) is 14.6. The number of aliphatic hydroxyl groups is 1. The summed E-state index contributed by atoms with van der Waals surface area (Å²) in [7, 11) is 0. The molecule has 1 aromatic rings. The van der Waals surface area contributed by atoms with Crippen LogP contribution in [0.1, 0.15) is 57.1 Å². The highest BCUT2D eigenvalue weighted by molar-refractivity contribution is 5.82. The summed E-state index contributed by atoms with van der Waals surface area (Å²) < 4.78 is 38.9. The smallest absolute Gasteiger partial charge is 0.403 e. The molecule has 7 N–H and O–H groups in total. The Hall–Kier alpha value is -2.46. The van der Waals surface area contributed by atoms with Gasteiger partial charge in [-0.15, -0.1) is 0 Å². The molecule has 2 aliphatic rings. The van der Waals surface area contributed by atoms with Crippen LogP contribution >= 0.6 is 0 Å². The Labute approximate surface area is 199 Å². The molecule has 34 heavy (non-hydrogen) atoms. The number of amides is 1. The molecule has 1 aliphatic carbocycles. The molecule has 1 aromatic carbocycles. The minimum absolute atomic E-state index is 0.0986. The largest absolute Gasteiger partial charge is 0.416 e. The van der Waals surface area contributed by atoms with Gasteiger partial charge < -0.3 is 27.2 Å². The molecule has 7 nitrogen and oxygen atoms in total. The van der Waals surface area contributed by atoms with Gasteiger partial charge in [-0.25, -0.2) is 0 Å². The molecule has 3 rings (SSSR count). The maximum Gasteiger partial charge on any atom is 0.416 e. The predicted molar refractivity (Wildman–Crippen MR) is 128 cm³/mol. The van der Waals surface area contributed by atoms with Gasteiger partial charge in [-0.05, 0) is 37.0 Å². The van der Waals surface area contributed by atoms with Crippen molar-refractivity contribution in [3.8, 4) is 0 Å². The van der Waals surface area contributed by atoms with Gasteiger partial charge >= 0.3 is 6.18 Å². The second kappa shape index (κ2) is 12.9. The van der Waals surface area contributed by atoms with Gasteiger partial charge in [0.15, 0.2) is 0 Å². The predicted octanol–water partition coefficient (Wildman–Crippen LogP) is 2.90. The molecule has 0 aromatic heterocycles. The van der Waals surface area contributed by atoms with E-state index in [9.17, 15) is 18.0 Å². The third-order valence-electron chi connectivity index (χ3n) is 6.01. The Balaban J connectivity index is 0.000000739. The first-order valence-electron chi connectivity index (χ1n) is 11.8. The van der Waals surface area contributed by atoms with E-state index in [0.717, 1.165) is 31.4 Å². The molecule has 0 spiro atoms. The van der Waals surface area contributed by atoms with Crippen LogP contribution in [0.4, 0.5) is 18.9 Å². The minimum atomic E-state index is -4.49. The number of nitrogen functional groups attached to an aromatic ring is 1. The molecule has 1 heterocycles. The second-order valence-electron chi connectivity index (χ2n) is 9.32. The molecule has 0 bridgehead atoms. The average Bonchev–Trinajstić information content (AvgIpc) is 2.77. The van der Waals surface area contributed by atoms with Crippen molar-refractivity contribution in [1.29, 1.82) is 0 Å². The van der Waals surface area contributed by atoms with Gasteiger partial charge in [0.25, 0.3) is 0 Å². The van der Waals surface area contributed by atoms with Gasteiger partial charge in [-0.3, -0.25) is 9.69 Å². The van der Waals surface area contributed by atoms with Crippen molar-refractivity contribution in [2.75, 3.05) is 32.0 Å². The van der Waals surface area contributed by atoms with Crippen molar-refractivity contribution in [2.24, 2.45) is 11.7 Å². The number of halogens is 3. The van der Waals surface area contributed by atoms with Gasteiger partial charge in [0.1, 0.15) is 0 Å². The lowest BCUT2D eigenvalue weighted by molar-refractivity contribution is -0.137. The summed E-state index contributed by atoms with van der Waals surface area (Å²) in [5.74, 6) is 0.207. The number of nitrogens with one attached hydrogen (secondary N) is 2. The van der Waals surface area contributed by atoms with Crippen LogP contribution in [0.25, 0.3) is 5.70 Å². The number of nitrogens with zero attached hydrogens (tertiary/aromatic N) is 1. The number of benzene rings is 1. The van der Waals surface area contributed by atoms with E-state index in [1.165, 1.54) is 38.2 Å². The highest BCUT2D eigenvalue weighted by atomic mass is 19.4. The van der Waals surface area contributed by atoms with Crippen LogP contribution in [0.5, 0.6) is 0 Å². The average molecular weight is 486 g/mol. The molecule has 192 valence electrons. The van der Waals surface area contributed by atoms with E-state index in [-0.39, 0.29) is 35.4 Å². The molecule has 0 radical (unpaired) electrons. The van der Waals surface area contributed by atoms with Gasteiger partial charge in [-0.1, -0.05) is 33.1 Å². The topological polar surface area (TPSA) is 117 Å². The number of alkyl halides is 3. The van der Waals surface area contributed by atoms with Crippen molar-refractivity contribution in [2.45, 2.75) is 64.2 Å². The number of rotatable bonds is 7. The fraction of sp³-hybridized carbons (Fsp3) is 0.625. The van der Waals surface area contributed by atoms with E-state index in [2.05, 4.69) is 15.5 Å². The Morgan fingerprint density at radius 1 is 1.24 bits per heavy atom. The highest BCUT2D eigenvalue weighted by Crippen LogP contribution is 2.32. The van der Waals surface area contributed by atoms with Crippen molar-refractivity contribution in [1.82, 2.24) is 15.5 Å². The maximum atomic E-state index is 13.0. The van der Waals surface area contributed by atoms with Gasteiger partial charge in [0.2, 0.25) is 5.91 Å². The normalized spacial score (nSPS) is 18.1. The second-order valence-corrected chi connectivity index (χ2v) is 9.32. The lowest BCUT2D eigenvalue weighted by Gasteiger charge is -2.45. The first kappa shape index (κ1) is 27.8. The van der Waals surface area contributed by atoms with Crippen LogP contribution in [0, 0.1) is 5.92 Å². The number of carbonyl (C=O) groups excluding carboxylic acids is 1. The molecule has 0 atom stereocenters. The van der Waals surface area contributed by atoms with Crippen molar-refractivity contribution in [3.05, 3.63) is 35.5 Å². The summed E-state index contributed by atoms with van der Waals surface area (Å²) in [5.41, 5.74) is 11.0. The number of hydrogen-bond acceptors (Lipinski definition) is 6. The van der Waals surface area contributed by atoms with Gasteiger partial charge in [0.05, 0.1) is 23.8 Å². The van der Waals surface area contributed by atoms with E-state index < -0.39 is 11.7 Å². The summed E-state index contributed by atoms with van der Waals surface area (Å²) in [6.45, 7) is 5.84. The van der Waals surface area contributed by atoms with Crippen molar-refractivity contribution >= 4 is 17.3 Å². The fourth-order valence-corrected chi connectivity index (χ4v) is 4.01. The van der Waals surface area contributed by atoms with Crippen LogP contribution in [0.3, 0.4) is 0 Å². The highest BCUT2D eigenvalue weighted by Gasteiger charge is 2.34. The Morgan fingerprint density at radius 3 is 2.38 bits per heavy atom. The summed E-state index contributed by atoms with van der Waals surface area (Å²) in [6.07, 6.45) is 2.94. The quantitative estimate of drug-likeness (QED) is 0.379. The number of likely N-dealkylation sites (tertiary alicyclic amines) is 1. The first-order chi connectivity index (χ1) is 16.0. The van der Waals surface area contributed by atoms with Crippen molar-refractivity contribution < 1.29 is 23.1 Å². The standard InChI is InChI=1S/C20H28F3N5O.C4H10O/c21-20(22,23)13-6-7-17(25)16(8-13)18(9-24)26-10-19(29)27-14-11-28(12-14)15-4-2-1-3-5-15;1-4(2)3-5/h6-9,14-15,26H,1-5,10-12,24-25H2,(H,27,29);4-5H,3H2,1-2H3/b18-9+;. The number of nitrogens with two attached hydrogens (primary N) is 2. The van der Waals surface area contributed by atoms with Gasteiger partial charge in [0, 0.05) is 43.2 Å². The Bertz CT molecular complexity index is 817. The third-order valence-corrected chi connectivity index (χ3v) is 6.01. The third kappa shape index (κ3) is 8.39. The molecule has 0 unspecified atom stereocenters. The summed E-state index contributed by atoms with van der Waals surface area (Å²) in [6, 6.07) is 3.75. The SMILES string of the molecule is CC(C)CO.N/C=C(/NCC(=O)NC1CN(C2CCCCC2)C1)c1cc(C(F)(F)F)ccc1N. The maximum absolute atomic E-state index is 13.0. The zero-order valence-electron chi connectivity index (χ0n) is 20.0. The molecule has 1 aliphatic heterocycles. The van der Waals surface area contributed by atoms with E-state index >= 15 is 0 Å². The molecular formula is C24H38F3N5O2. The monoisotopic (exact) mass is 485 g/mol. The Morgan fingerprint density at radius 2 is 1.85 bits per heavy atom. The number of aliphatic hydroxyl groups excluding tert-OH is 1. The van der Waals surface area contributed by atoms with Crippen LogP contribution in [0.2, 0.25) is 0 Å². The minimum Gasteiger partial charge on any atom is -0.403 e. The zero-order chi connectivity index (χ0) is 25.3. The summed E-state index contributed by atoms with van der Waals surface area (Å²) in [5, 5.41) is 13.9. The molecule has 1 saturated heterocycles. The van der Waals surface area contributed by atoms with E-state index in [0.29, 0.717) is 18.6 Å². The molecule has 10 heteroatoms. The molecule has 1 amide bonds. The van der Waals surface area contributed by atoms with Crippen molar-refractivity contribution in [3.63, 3.8) is 0 Å². The number of anilines is 1. The van der Waals surface area contributed by atoms with Gasteiger partial charge in [-0.2, -0.15) is 13.2 Å². The van der Waals surface area contributed by atoms with E-state index in [4.69, 9.17) is 16.6 Å².